The van der Waals surface area contributed by atoms with Crippen LogP contribution in [0.1, 0.15) is 18.0 Å². The van der Waals surface area contributed by atoms with Crippen molar-refractivity contribution in [2.24, 2.45) is 0 Å². The lowest BCUT2D eigenvalue weighted by atomic mass is 9.98. The fraction of sp³-hybridized carbons (Fsp3) is 0.333. The highest BCUT2D eigenvalue weighted by Gasteiger charge is 2.20. The van der Waals surface area contributed by atoms with Crippen LogP contribution in [0, 0.1) is 0 Å². The summed E-state index contributed by atoms with van der Waals surface area (Å²) in [5.74, 6) is 0.267. The highest BCUT2D eigenvalue weighted by atomic mass is 79.9. The molecule has 1 aliphatic rings. The van der Waals surface area contributed by atoms with Crippen molar-refractivity contribution < 1.29 is 5.11 Å². The summed E-state index contributed by atoms with van der Waals surface area (Å²) >= 11 is 6.62. The minimum absolute atomic E-state index is 0. The van der Waals surface area contributed by atoms with Crippen LogP contribution in [0.2, 0.25) is 0 Å². The molecule has 0 unspecified atom stereocenters. The summed E-state index contributed by atoms with van der Waals surface area (Å²) in [7, 11) is 0. The van der Waals surface area contributed by atoms with Gasteiger partial charge in [-0.15, -0.1) is 12.4 Å². The zero-order chi connectivity index (χ0) is 9.42. The summed E-state index contributed by atoms with van der Waals surface area (Å²) in [4.78, 5) is 0. The van der Waals surface area contributed by atoms with Gasteiger partial charge < -0.3 is 10.4 Å². The molecule has 1 aromatic carbocycles. The fourth-order valence-electron chi connectivity index (χ4n) is 1.36. The average molecular weight is 343 g/mol. The lowest BCUT2D eigenvalue weighted by Gasteiger charge is -2.28. The predicted octanol–water partition coefficient (Wildman–Crippen LogP) is 3.37. The number of hydrogen-bond acceptors (Lipinski definition) is 2. The molecule has 2 rings (SSSR count). The van der Waals surface area contributed by atoms with Gasteiger partial charge >= 0.3 is 0 Å². The summed E-state index contributed by atoms with van der Waals surface area (Å²) in [6.07, 6.45) is 1.17. The lowest BCUT2D eigenvalue weighted by Crippen LogP contribution is -2.34. The second-order valence-electron chi connectivity index (χ2n) is 3.13. The molecule has 0 amide bonds. The first-order valence-corrected chi connectivity index (χ1v) is 5.68. The summed E-state index contributed by atoms with van der Waals surface area (Å²) in [6.45, 7) is 1.08. The van der Waals surface area contributed by atoms with Crippen molar-refractivity contribution in [3.05, 3.63) is 26.6 Å². The fourth-order valence-corrected chi connectivity index (χ4v) is 2.58. The topological polar surface area (TPSA) is 32.3 Å². The van der Waals surface area contributed by atoms with Gasteiger partial charge in [0.2, 0.25) is 0 Å². The third kappa shape index (κ3) is 2.24. The van der Waals surface area contributed by atoms with Gasteiger partial charge in [-0.1, -0.05) is 0 Å². The molecule has 0 spiro atoms. The zero-order valence-electron chi connectivity index (χ0n) is 7.26. The molecular formula is C9H10Br2ClNO. The Bertz CT molecular complexity index is 319. The minimum atomic E-state index is 0. The molecule has 1 fully saturated rings. The Kier molecular flexibility index (Phi) is 4.25. The van der Waals surface area contributed by atoms with Crippen LogP contribution in [0.5, 0.6) is 5.75 Å². The Morgan fingerprint density at radius 1 is 1.29 bits per heavy atom. The van der Waals surface area contributed by atoms with Gasteiger partial charge in [0.25, 0.3) is 0 Å². The van der Waals surface area contributed by atoms with E-state index >= 15 is 0 Å². The number of benzene rings is 1. The van der Waals surface area contributed by atoms with Crippen LogP contribution >= 0.6 is 44.3 Å². The van der Waals surface area contributed by atoms with Crippen LogP contribution < -0.4 is 5.32 Å². The van der Waals surface area contributed by atoms with Gasteiger partial charge in [-0.05, 0) is 62.5 Å². The summed E-state index contributed by atoms with van der Waals surface area (Å²) in [6, 6.07) is 4.36. The van der Waals surface area contributed by atoms with Gasteiger partial charge in [-0.25, -0.2) is 0 Å². The molecule has 0 radical (unpaired) electrons. The second-order valence-corrected chi connectivity index (χ2v) is 4.84. The third-order valence-corrected chi connectivity index (χ3v) is 3.47. The molecule has 1 aromatic rings. The van der Waals surface area contributed by atoms with Crippen LogP contribution in [0.15, 0.2) is 21.1 Å². The van der Waals surface area contributed by atoms with Crippen molar-refractivity contribution >= 4 is 44.3 Å². The smallest absolute Gasteiger partial charge is 0.143 e. The third-order valence-electron chi connectivity index (χ3n) is 2.27. The van der Waals surface area contributed by atoms with Crippen LogP contribution in [0.4, 0.5) is 0 Å². The Labute approximate surface area is 106 Å². The van der Waals surface area contributed by atoms with Crippen molar-refractivity contribution in [2.75, 3.05) is 6.54 Å². The van der Waals surface area contributed by atoms with Crippen LogP contribution in [0.25, 0.3) is 0 Å². The van der Waals surface area contributed by atoms with E-state index in [1.54, 1.807) is 0 Å². The van der Waals surface area contributed by atoms with E-state index < -0.39 is 0 Å². The van der Waals surface area contributed by atoms with Gasteiger partial charge in [0, 0.05) is 6.04 Å². The number of rotatable bonds is 1. The summed E-state index contributed by atoms with van der Waals surface area (Å²) < 4.78 is 1.48. The Balaban J connectivity index is 0.000000980. The van der Waals surface area contributed by atoms with E-state index in [0.29, 0.717) is 6.04 Å². The maximum atomic E-state index is 9.49. The largest absolute Gasteiger partial charge is 0.506 e. The first-order chi connectivity index (χ1) is 6.18. The van der Waals surface area contributed by atoms with Crippen molar-refractivity contribution in [1.82, 2.24) is 5.32 Å². The molecular weight excluding hydrogens is 333 g/mol. The normalized spacial score (nSPS) is 19.7. The summed E-state index contributed by atoms with van der Waals surface area (Å²) in [5, 5.41) is 12.8. The average Bonchev–Trinajstić information content (AvgIpc) is 1.96. The lowest BCUT2D eigenvalue weighted by molar-refractivity contribution is 0.382. The van der Waals surface area contributed by atoms with Gasteiger partial charge in [-0.2, -0.15) is 0 Å². The van der Waals surface area contributed by atoms with Crippen LogP contribution in [-0.2, 0) is 0 Å². The first-order valence-electron chi connectivity index (χ1n) is 4.10. The van der Waals surface area contributed by atoms with E-state index in [4.69, 9.17) is 0 Å². The quantitative estimate of drug-likeness (QED) is 0.819. The van der Waals surface area contributed by atoms with E-state index in [9.17, 15) is 5.11 Å². The first kappa shape index (κ1) is 12.3. The van der Waals surface area contributed by atoms with Crippen molar-refractivity contribution in [3.8, 4) is 5.75 Å². The number of phenols is 1. The Morgan fingerprint density at radius 3 is 2.14 bits per heavy atom. The van der Waals surface area contributed by atoms with Gasteiger partial charge in [0.05, 0.1) is 8.95 Å². The molecule has 0 aromatic heterocycles. The molecule has 2 N–H and O–H groups in total. The molecule has 78 valence electrons. The van der Waals surface area contributed by atoms with Gasteiger partial charge in [0.1, 0.15) is 5.75 Å². The number of nitrogens with one attached hydrogen (secondary N) is 1. The number of hydrogen-bond donors (Lipinski definition) is 2. The molecule has 1 heterocycles. The molecule has 1 saturated heterocycles. The summed E-state index contributed by atoms with van der Waals surface area (Å²) in [5.41, 5.74) is 1.21. The maximum Gasteiger partial charge on any atom is 0.143 e. The number of aromatic hydroxyl groups is 1. The Hall–Kier alpha value is 0.230. The molecule has 1 aliphatic heterocycles. The number of halogens is 3. The molecule has 5 heteroatoms. The van der Waals surface area contributed by atoms with Gasteiger partial charge in [-0.3, -0.25) is 0 Å². The molecule has 14 heavy (non-hydrogen) atoms. The SMILES string of the molecule is Cl.Oc1c(Br)cc([C@H]2CCN2)cc1Br. The van der Waals surface area contributed by atoms with Crippen molar-refractivity contribution in [1.29, 1.82) is 0 Å². The monoisotopic (exact) mass is 341 g/mol. The van der Waals surface area contributed by atoms with E-state index in [1.165, 1.54) is 12.0 Å². The van der Waals surface area contributed by atoms with Crippen LogP contribution in [0.3, 0.4) is 0 Å². The predicted molar refractivity (Wildman–Crippen MR) is 66.1 cm³/mol. The van der Waals surface area contributed by atoms with Crippen molar-refractivity contribution in [2.45, 2.75) is 12.5 Å². The van der Waals surface area contributed by atoms with E-state index in [0.717, 1.165) is 15.5 Å². The standard InChI is InChI=1S/C9H9Br2NO.ClH/c10-6-3-5(8-1-2-12-8)4-7(11)9(6)13;/h3-4,8,12-13H,1-2H2;1H/t8-;/m1./s1. The van der Waals surface area contributed by atoms with Crippen LogP contribution in [-0.4, -0.2) is 11.7 Å². The highest BCUT2D eigenvalue weighted by Crippen LogP contribution is 2.36. The van der Waals surface area contributed by atoms with E-state index in [-0.39, 0.29) is 18.2 Å². The number of phenolic OH excluding ortho intramolecular Hbond substituents is 1. The van der Waals surface area contributed by atoms with E-state index in [2.05, 4.69) is 37.2 Å². The van der Waals surface area contributed by atoms with Crippen molar-refractivity contribution in [3.63, 3.8) is 0 Å². The van der Waals surface area contributed by atoms with Gasteiger partial charge in [0.15, 0.2) is 0 Å². The molecule has 0 saturated carbocycles. The molecule has 0 bridgehead atoms. The molecule has 2 nitrogen and oxygen atoms in total. The maximum absolute atomic E-state index is 9.49. The highest BCUT2D eigenvalue weighted by molar-refractivity contribution is 9.11. The van der Waals surface area contributed by atoms with E-state index in [1.807, 2.05) is 12.1 Å². The second kappa shape index (κ2) is 4.84. The Morgan fingerprint density at radius 2 is 1.79 bits per heavy atom. The molecule has 1 atom stereocenters. The minimum Gasteiger partial charge on any atom is -0.506 e. The molecule has 0 aliphatic carbocycles. The zero-order valence-corrected chi connectivity index (χ0v) is 11.2.